The van der Waals surface area contributed by atoms with Crippen molar-refractivity contribution < 1.29 is 0 Å². The zero-order valence-corrected chi connectivity index (χ0v) is 14.5. The summed E-state index contributed by atoms with van der Waals surface area (Å²) >= 11 is 0. The number of hydrogen-bond acceptors (Lipinski definition) is 7. The topological polar surface area (TPSA) is 85.9 Å². The van der Waals surface area contributed by atoms with Crippen molar-refractivity contribution in [2.75, 3.05) is 42.3 Å². The van der Waals surface area contributed by atoms with Crippen molar-refractivity contribution in [1.82, 2.24) is 24.9 Å². The third kappa shape index (κ3) is 3.19. The first-order chi connectivity index (χ1) is 12.2. The zero-order valence-electron chi connectivity index (χ0n) is 14.5. The summed E-state index contributed by atoms with van der Waals surface area (Å²) in [6, 6.07) is 4.43. The molecule has 4 rings (SSSR count). The second-order valence-electron chi connectivity index (χ2n) is 6.50. The predicted molar refractivity (Wildman–Crippen MR) is 99.1 cm³/mol. The normalized spacial score (nSPS) is 15.5. The number of rotatable bonds is 4. The van der Waals surface area contributed by atoms with Gasteiger partial charge in [0.1, 0.15) is 35.8 Å². The van der Waals surface area contributed by atoms with Crippen LogP contribution in [0.3, 0.4) is 0 Å². The number of H-pyrrole nitrogens is 1. The number of aromatic nitrogens is 5. The van der Waals surface area contributed by atoms with Crippen molar-refractivity contribution in [3.63, 3.8) is 0 Å². The van der Waals surface area contributed by atoms with Crippen LogP contribution in [0.15, 0.2) is 31.0 Å². The number of nitrogens with zero attached hydrogens (tertiary/aromatic N) is 6. The Hall–Kier alpha value is -2.90. The highest BCUT2D eigenvalue weighted by molar-refractivity contribution is 5.87. The first kappa shape index (κ1) is 15.6. The molecule has 0 bridgehead atoms. The van der Waals surface area contributed by atoms with Crippen LogP contribution in [0.2, 0.25) is 0 Å². The Balaban J connectivity index is 1.42. The maximum Gasteiger partial charge on any atom is 0.142 e. The number of nitrogens with one attached hydrogen (secondary N) is 2. The molecule has 130 valence electrons. The van der Waals surface area contributed by atoms with E-state index >= 15 is 0 Å². The van der Waals surface area contributed by atoms with Crippen LogP contribution in [0.25, 0.3) is 11.0 Å². The molecule has 3 aromatic heterocycles. The standard InChI is InChI=1S/C17H22N8/c1-24(2)15-9-14(19-10-20-15)23-12-4-7-25(8-5-12)17-13-3-6-18-16(13)21-11-22-17/h3,6,9-12H,4-5,7-8H2,1-2H3,(H,18,21,22)(H,19,20,23). The molecular weight excluding hydrogens is 316 g/mol. The lowest BCUT2D eigenvalue weighted by atomic mass is 10.0. The molecule has 3 aromatic rings. The van der Waals surface area contributed by atoms with Gasteiger partial charge in [-0.3, -0.25) is 0 Å². The lowest BCUT2D eigenvalue weighted by molar-refractivity contribution is 0.523. The molecule has 1 saturated heterocycles. The van der Waals surface area contributed by atoms with E-state index in [0.717, 1.165) is 54.4 Å². The lowest BCUT2D eigenvalue weighted by Crippen LogP contribution is -2.39. The summed E-state index contributed by atoms with van der Waals surface area (Å²) in [5.41, 5.74) is 0.891. The second kappa shape index (κ2) is 6.54. The van der Waals surface area contributed by atoms with Gasteiger partial charge in [-0.25, -0.2) is 19.9 Å². The molecule has 1 fully saturated rings. The van der Waals surface area contributed by atoms with Gasteiger partial charge in [0.15, 0.2) is 0 Å². The van der Waals surface area contributed by atoms with Crippen molar-refractivity contribution in [1.29, 1.82) is 0 Å². The minimum atomic E-state index is 0.407. The Morgan fingerprint density at radius 2 is 1.92 bits per heavy atom. The summed E-state index contributed by atoms with van der Waals surface area (Å²) < 4.78 is 0. The maximum atomic E-state index is 4.49. The molecule has 0 aliphatic carbocycles. The van der Waals surface area contributed by atoms with Gasteiger partial charge in [-0.05, 0) is 18.9 Å². The van der Waals surface area contributed by atoms with Gasteiger partial charge in [0.05, 0.1) is 5.39 Å². The molecule has 8 heteroatoms. The number of piperidine rings is 1. The van der Waals surface area contributed by atoms with Crippen LogP contribution < -0.4 is 15.1 Å². The van der Waals surface area contributed by atoms with Crippen LogP contribution >= 0.6 is 0 Å². The summed E-state index contributed by atoms with van der Waals surface area (Å²) in [4.78, 5) is 24.8. The number of aromatic amines is 1. The summed E-state index contributed by atoms with van der Waals surface area (Å²) in [5, 5.41) is 4.62. The largest absolute Gasteiger partial charge is 0.367 e. The fourth-order valence-corrected chi connectivity index (χ4v) is 3.23. The van der Waals surface area contributed by atoms with Crippen molar-refractivity contribution in [3.8, 4) is 0 Å². The Morgan fingerprint density at radius 3 is 2.72 bits per heavy atom. The van der Waals surface area contributed by atoms with E-state index in [-0.39, 0.29) is 0 Å². The molecule has 1 aliphatic heterocycles. The van der Waals surface area contributed by atoms with E-state index in [1.807, 2.05) is 37.3 Å². The lowest BCUT2D eigenvalue weighted by Gasteiger charge is -2.33. The fraction of sp³-hybridized carbons (Fsp3) is 0.412. The maximum absolute atomic E-state index is 4.49. The SMILES string of the molecule is CN(C)c1cc(NC2CCN(c3ncnc4[nH]ccc34)CC2)ncn1. The van der Waals surface area contributed by atoms with Crippen LogP contribution in [0.5, 0.6) is 0 Å². The van der Waals surface area contributed by atoms with Crippen molar-refractivity contribution >= 4 is 28.5 Å². The Bertz CT molecular complexity index is 850. The monoisotopic (exact) mass is 338 g/mol. The van der Waals surface area contributed by atoms with E-state index < -0.39 is 0 Å². The van der Waals surface area contributed by atoms with E-state index in [4.69, 9.17) is 0 Å². The van der Waals surface area contributed by atoms with Crippen LogP contribution in [-0.4, -0.2) is 58.1 Å². The van der Waals surface area contributed by atoms with E-state index in [9.17, 15) is 0 Å². The average molecular weight is 338 g/mol. The molecule has 2 N–H and O–H groups in total. The van der Waals surface area contributed by atoms with E-state index in [1.54, 1.807) is 12.7 Å². The third-order valence-corrected chi connectivity index (χ3v) is 4.59. The third-order valence-electron chi connectivity index (χ3n) is 4.59. The van der Waals surface area contributed by atoms with Gasteiger partial charge in [-0.2, -0.15) is 0 Å². The van der Waals surface area contributed by atoms with Crippen LogP contribution in [0.1, 0.15) is 12.8 Å². The highest BCUT2D eigenvalue weighted by atomic mass is 15.2. The summed E-state index contributed by atoms with van der Waals surface area (Å²) in [5.74, 6) is 2.81. The van der Waals surface area contributed by atoms with Gasteiger partial charge >= 0.3 is 0 Å². The molecule has 25 heavy (non-hydrogen) atoms. The molecule has 0 spiro atoms. The van der Waals surface area contributed by atoms with Crippen molar-refractivity contribution in [3.05, 3.63) is 31.0 Å². The molecule has 0 unspecified atom stereocenters. The summed E-state index contributed by atoms with van der Waals surface area (Å²) in [6.45, 7) is 1.92. The Kier molecular flexibility index (Phi) is 4.09. The number of fused-ring (bicyclic) bond motifs is 1. The van der Waals surface area contributed by atoms with Crippen molar-refractivity contribution in [2.24, 2.45) is 0 Å². The molecule has 0 aromatic carbocycles. The first-order valence-electron chi connectivity index (χ1n) is 8.49. The minimum Gasteiger partial charge on any atom is -0.367 e. The van der Waals surface area contributed by atoms with Gasteiger partial charge in [0.2, 0.25) is 0 Å². The fourth-order valence-electron chi connectivity index (χ4n) is 3.23. The summed E-state index contributed by atoms with van der Waals surface area (Å²) in [6.07, 6.45) is 7.22. The van der Waals surface area contributed by atoms with Gasteiger partial charge in [-0.15, -0.1) is 0 Å². The van der Waals surface area contributed by atoms with Crippen LogP contribution in [0, 0.1) is 0 Å². The van der Waals surface area contributed by atoms with E-state index in [1.165, 1.54) is 0 Å². The van der Waals surface area contributed by atoms with Gasteiger partial charge in [0, 0.05) is 45.5 Å². The van der Waals surface area contributed by atoms with Gasteiger partial charge in [-0.1, -0.05) is 0 Å². The van der Waals surface area contributed by atoms with E-state index in [0.29, 0.717) is 6.04 Å². The molecule has 8 nitrogen and oxygen atoms in total. The second-order valence-corrected chi connectivity index (χ2v) is 6.50. The molecular formula is C17H22N8. The molecule has 1 aliphatic rings. The average Bonchev–Trinajstić information content (AvgIpc) is 3.11. The van der Waals surface area contributed by atoms with Crippen molar-refractivity contribution in [2.45, 2.75) is 18.9 Å². The Labute approximate surface area is 146 Å². The Morgan fingerprint density at radius 1 is 1.12 bits per heavy atom. The highest BCUT2D eigenvalue weighted by Crippen LogP contribution is 2.26. The molecule has 4 heterocycles. The predicted octanol–water partition coefficient (Wildman–Crippen LogP) is 1.89. The van der Waals surface area contributed by atoms with Gasteiger partial charge in [0.25, 0.3) is 0 Å². The number of hydrogen-bond donors (Lipinski definition) is 2. The highest BCUT2D eigenvalue weighted by Gasteiger charge is 2.22. The minimum absolute atomic E-state index is 0.407. The van der Waals surface area contributed by atoms with E-state index in [2.05, 4.69) is 35.1 Å². The van der Waals surface area contributed by atoms with Crippen LogP contribution in [0.4, 0.5) is 17.5 Å². The summed E-state index contributed by atoms with van der Waals surface area (Å²) in [7, 11) is 3.96. The molecule has 0 atom stereocenters. The molecule has 0 radical (unpaired) electrons. The first-order valence-corrected chi connectivity index (χ1v) is 8.49. The number of anilines is 3. The smallest absolute Gasteiger partial charge is 0.142 e. The van der Waals surface area contributed by atoms with Gasteiger partial charge < -0.3 is 20.1 Å². The quantitative estimate of drug-likeness (QED) is 0.751. The van der Waals surface area contributed by atoms with Crippen LogP contribution in [-0.2, 0) is 0 Å². The molecule has 0 saturated carbocycles. The zero-order chi connectivity index (χ0) is 17.2. The molecule has 0 amide bonds.